The van der Waals surface area contributed by atoms with Gasteiger partial charge in [-0.15, -0.1) is 0 Å². The standard InChI is InChI=1S/C17H20N2O2/c1-3-21-16-7-5-4-6-15(16)17(20)19(2)14-10-8-13(12-18)9-11-14/h4-11H,3,12,18H2,1-2H3. The molecule has 0 fully saturated rings. The number of nitrogens with zero attached hydrogens (tertiary/aromatic N) is 1. The largest absolute Gasteiger partial charge is 0.493 e. The summed E-state index contributed by atoms with van der Waals surface area (Å²) in [5.41, 5.74) is 8.00. The molecule has 2 aromatic rings. The van der Waals surface area contributed by atoms with Gasteiger partial charge in [0.25, 0.3) is 5.91 Å². The van der Waals surface area contributed by atoms with Gasteiger partial charge in [0.15, 0.2) is 0 Å². The average Bonchev–Trinajstić information content (AvgIpc) is 2.54. The zero-order valence-corrected chi connectivity index (χ0v) is 12.4. The van der Waals surface area contributed by atoms with Crippen LogP contribution in [0.3, 0.4) is 0 Å². The first-order valence-electron chi connectivity index (χ1n) is 6.96. The van der Waals surface area contributed by atoms with Crippen LogP contribution < -0.4 is 15.4 Å². The van der Waals surface area contributed by atoms with Crippen LogP contribution >= 0.6 is 0 Å². The van der Waals surface area contributed by atoms with Crippen LogP contribution in [0.5, 0.6) is 5.75 Å². The van der Waals surface area contributed by atoms with Gasteiger partial charge in [0.1, 0.15) is 5.75 Å². The number of carbonyl (C=O) groups excluding carboxylic acids is 1. The van der Waals surface area contributed by atoms with Crippen LogP contribution in [0.25, 0.3) is 0 Å². The Morgan fingerprint density at radius 1 is 1.14 bits per heavy atom. The summed E-state index contributed by atoms with van der Waals surface area (Å²) >= 11 is 0. The molecule has 2 N–H and O–H groups in total. The third-order valence-electron chi connectivity index (χ3n) is 3.28. The highest BCUT2D eigenvalue weighted by Gasteiger charge is 2.17. The average molecular weight is 284 g/mol. The lowest BCUT2D eigenvalue weighted by Gasteiger charge is -2.19. The molecule has 1 amide bonds. The van der Waals surface area contributed by atoms with Crippen molar-refractivity contribution in [2.75, 3.05) is 18.6 Å². The van der Waals surface area contributed by atoms with E-state index in [9.17, 15) is 4.79 Å². The number of benzene rings is 2. The molecule has 0 saturated carbocycles. The van der Waals surface area contributed by atoms with E-state index >= 15 is 0 Å². The van der Waals surface area contributed by atoms with Crippen LogP contribution in [-0.2, 0) is 6.54 Å². The number of amides is 1. The SMILES string of the molecule is CCOc1ccccc1C(=O)N(C)c1ccc(CN)cc1. The van der Waals surface area contributed by atoms with E-state index in [2.05, 4.69) is 0 Å². The van der Waals surface area contributed by atoms with E-state index in [1.54, 1.807) is 18.0 Å². The topological polar surface area (TPSA) is 55.6 Å². The number of anilines is 1. The van der Waals surface area contributed by atoms with Crippen molar-refractivity contribution in [1.82, 2.24) is 0 Å². The molecule has 21 heavy (non-hydrogen) atoms. The van der Waals surface area contributed by atoms with Gasteiger partial charge in [0.2, 0.25) is 0 Å². The number of rotatable bonds is 5. The van der Waals surface area contributed by atoms with Crippen molar-refractivity contribution in [3.63, 3.8) is 0 Å². The summed E-state index contributed by atoms with van der Waals surface area (Å²) in [4.78, 5) is 14.2. The molecule has 2 aromatic carbocycles. The molecule has 0 atom stereocenters. The van der Waals surface area contributed by atoms with Gasteiger partial charge in [-0.3, -0.25) is 4.79 Å². The van der Waals surface area contributed by atoms with Crippen molar-refractivity contribution in [2.45, 2.75) is 13.5 Å². The third-order valence-corrected chi connectivity index (χ3v) is 3.28. The number of nitrogens with two attached hydrogens (primary N) is 1. The minimum atomic E-state index is -0.0976. The first kappa shape index (κ1) is 15.1. The van der Waals surface area contributed by atoms with Gasteiger partial charge in [-0.25, -0.2) is 0 Å². The molecule has 0 aliphatic heterocycles. The predicted octanol–water partition coefficient (Wildman–Crippen LogP) is 2.82. The maximum absolute atomic E-state index is 12.6. The maximum Gasteiger partial charge on any atom is 0.261 e. The maximum atomic E-state index is 12.6. The molecule has 0 aromatic heterocycles. The van der Waals surface area contributed by atoms with E-state index < -0.39 is 0 Å². The lowest BCUT2D eigenvalue weighted by Crippen LogP contribution is -2.26. The van der Waals surface area contributed by atoms with E-state index in [1.807, 2.05) is 49.4 Å². The number of hydrogen-bond donors (Lipinski definition) is 1. The van der Waals surface area contributed by atoms with Gasteiger partial charge in [0, 0.05) is 19.3 Å². The molecule has 0 spiro atoms. The van der Waals surface area contributed by atoms with Crippen LogP contribution in [0, 0.1) is 0 Å². The fourth-order valence-corrected chi connectivity index (χ4v) is 2.08. The summed E-state index contributed by atoms with van der Waals surface area (Å²) < 4.78 is 5.52. The smallest absolute Gasteiger partial charge is 0.261 e. The Morgan fingerprint density at radius 2 is 1.81 bits per heavy atom. The Balaban J connectivity index is 2.26. The minimum absolute atomic E-state index is 0.0976. The van der Waals surface area contributed by atoms with Crippen molar-refractivity contribution >= 4 is 11.6 Å². The number of ether oxygens (including phenoxy) is 1. The van der Waals surface area contributed by atoms with Crippen LogP contribution in [0.4, 0.5) is 5.69 Å². The van der Waals surface area contributed by atoms with Crippen LogP contribution in [-0.4, -0.2) is 19.6 Å². The first-order valence-corrected chi connectivity index (χ1v) is 6.96. The van der Waals surface area contributed by atoms with E-state index in [0.29, 0.717) is 24.5 Å². The highest BCUT2D eigenvalue weighted by molar-refractivity contribution is 6.07. The Labute approximate surface area is 125 Å². The van der Waals surface area contributed by atoms with Crippen LogP contribution in [0.2, 0.25) is 0 Å². The second-order valence-electron chi connectivity index (χ2n) is 4.66. The molecule has 0 radical (unpaired) electrons. The zero-order chi connectivity index (χ0) is 15.2. The van der Waals surface area contributed by atoms with Crippen molar-refractivity contribution in [1.29, 1.82) is 0 Å². The van der Waals surface area contributed by atoms with Crippen molar-refractivity contribution in [3.8, 4) is 5.75 Å². The summed E-state index contributed by atoms with van der Waals surface area (Å²) in [6, 6.07) is 14.9. The molecular formula is C17H20N2O2. The molecule has 4 heteroatoms. The molecule has 0 saturated heterocycles. The van der Waals surface area contributed by atoms with Crippen LogP contribution in [0.1, 0.15) is 22.8 Å². The zero-order valence-electron chi connectivity index (χ0n) is 12.4. The van der Waals surface area contributed by atoms with E-state index in [4.69, 9.17) is 10.5 Å². The molecular weight excluding hydrogens is 264 g/mol. The monoisotopic (exact) mass is 284 g/mol. The second-order valence-corrected chi connectivity index (χ2v) is 4.66. The highest BCUT2D eigenvalue weighted by Crippen LogP contribution is 2.22. The second kappa shape index (κ2) is 6.90. The Hall–Kier alpha value is -2.33. The number of hydrogen-bond acceptors (Lipinski definition) is 3. The quantitative estimate of drug-likeness (QED) is 0.918. The highest BCUT2D eigenvalue weighted by atomic mass is 16.5. The lowest BCUT2D eigenvalue weighted by molar-refractivity contribution is 0.0989. The summed E-state index contributed by atoms with van der Waals surface area (Å²) in [6.45, 7) is 2.92. The molecule has 2 rings (SSSR count). The summed E-state index contributed by atoms with van der Waals surface area (Å²) in [5.74, 6) is 0.509. The van der Waals surface area contributed by atoms with Gasteiger partial charge in [-0.2, -0.15) is 0 Å². The van der Waals surface area contributed by atoms with E-state index in [-0.39, 0.29) is 5.91 Å². The Bertz CT molecular complexity index is 608. The van der Waals surface area contributed by atoms with Crippen molar-refractivity contribution < 1.29 is 9.53 Å². The van der Waals surface area contributed by atoms with Gasteiger partial charge in [-0.05, 0) is 36.8 Å². The molecule has 0 aliphatic rings. The fraction of sp³-hybridized carbons (Fsp3) is 0.235. The summed E-state index contributed by atoms with van der Waals surface area (Å²) in [5, 5.41) is 0. The lowest BCUT2D eigenvalue weighted by atomic mass is 10.1. The molecule has 0 bridgehead atoms. The Morgan fingerprint density at radius 3 is 2.43 bits per heavy atom. The molecule has 0 aliphatic carbocycles. The van der Waals surface area contributed by atoms with Gasteiger partial charge in [0.05, 0.1) is 12.2 Å². The fourth-order valence-electron chi connectivity index (χ4n) is 2.08. The van der Waals surface area contributed by atoms with Crippen LogP contribution in [0.15, 0.2) is 48.5 Å². The summed E-state index contributed by atoms with van der Waals surface area (Å²) in [6.07, 6.45) is 0. The minimum Gasteiger partial charge on any atom is -0.493 e. The Kier molecular flexibility index (Phi) is 4.95. The molecule has 4 nitrogen and oxygen atoms in total. The van der Waals surface area contributed by atoms with Gasteiger partial charge >= 0.3 is 0 Å². The van der Waals surface area contributed by atoms with Gasteiger partial charge < -0.3 is 15.4 Å². The number of carbonyl (C=O) groups is 1. The molecule has 0 unspecified atom stereocenters. The number of para-hydroxylation sites is 1. The third kappa shape index (κ3) is 3.41. The molecule has 110 valence electrons. The first-order chi connectivity index (χ1) is 10.2. The molecule has 0 heterocycles. The summed E-state index contributed by atoms with van der Waals surface area (Å²) in [7, 11) is 1.75. The predicted molar refractivity (Wildman–Crippen MR) is 84.7 cm³/mol. The van der Waals surface area contributed by atoms with Gasteiger partial charge in [-0.1, -0.05) is 24.3 Å². The normalized spacial score (nSPS) is 10.2. The van der Waals surface area contributed by atoms with Crippen molar-refractivity contribution in [3.05, 3.63) is 59.7 Å². The van der Waals surface area contributed by atoms with Crippen molar-refractivity contribution in [2.24, 2.45) is 5.73 Å². The van der Waals surface area contributed by atoms with E-state index in [1.165, 1.54) is 0 Å². The van der Waals surface area contributed by atoms with E-state index in [0.717, 1.165) is 11.3 Å².